The van der Waals surface area contributed by atoms with E-state index in [1.807, 2.05) is 6.92 Å². The van der Waals surface area contributed by atoms with Gasteiger partial charge in [-0.2, -0.15) is 0 Å². The fourth-order valence-electron chi connectivity index (χ4n) is 4.04. The van der Waals surface area contributed by atoms with Gasteiger partial charge in [-0.25, -0.2) is 4.98 Å². The molecule has 1 aliphatic rings. The maximum atomic E-state index is 13.6. The first-order valence-electron chi connectivity index (χ1n) is 11.8. The first-order chi connectivity index (χ1) is 16.5. The van der Waals surface area contributed by atoms with E-state index in [1.165, 1.54) is 30.2 Å². The highest BCUT2D eigenvalue weighted by Gasteiger charge is 2.23. The molecule has 34 heavy (non-hydrogen) atoms. The minimum Gasteiger partial charge on any atom is -0.493 e. The van der Waals surface area contributed by atoms with Crippen LogP contribution >= 0.6 is 11.8 Å². The van der Waals surface area contributed by atoms with Crippen LogP contribution in [0.4, 0.5) is 0 Å². The summed E-state index contributed by atoms with van der Waals surface area (Å²) in [7, 11) is 4.69. The Labute approximate surface area is 205 Å². The number of thioether (sulfide) groups is 1. The highest BCUT2D eigenvalue weighted by atomic mass is 32.2. The normalized spacial score (nSPS) is 14.5. The molecular formula is C25H35N3O5S. The Balaban J connectivity index is 2.00. The molecule has 0 radical (unpaired) electrons. The predicted octanol–water partition coefficient (Wildman–Crippen LogP) is 3.94. The third kappa shape index (κ3) is 6.33. The van der Waals surface area contributed by atoms with E-state index in [0.717, 1.165) is 19.3 Å². The molecule has 3 rings (SSSR count). The van der Waals surface area contributed by atoms with Gasteiger partial charge < -0.3 is 19.5 Å². The summed E-state index contributed by atoms with van der Waals surface area (Å²) in [6.45, 7) is 3.36. The molecule has 0 bridgehead atoms. The number of aromatic nitrogens is 2. The molecular weight excluding hydrogens is 454 g/mol. The molecule has 9 heteroatoms. The summed E-state index contributed by atoms with van der Waals surface area (Å²) < 4.78 is 17.6. The second kappa shape index (κ2) is 12.8. The topological polar surface area (TPSA) is 91.7 Å². The Morgan fingerprint density at radius 3 is 2.62 bits per heavy atom. The smallest absolute Gasteiger partial charge is 0.262 e. The molecule has 1 N–H and O–H groups in total. The number of amides is 1. The number of allylic oxidation sites excluding steroid dienone is 2. The first kappa shape index (κ1) is 26.1. The highest BCUT2D eigenvalue weighted by molar-refractivity contribution is 8.00. The fraction of sp³-hybridized carbons (Fsp3) is 0.560. The number of fused-ring (bicyclic) bond motifs is 1. The quantitative estimate of drug-likeness (QED) is 0.209. The van der Waals surface area contributed by atoms with E-state index < -0.39 is 0 Å². The fourth-order valence-corrected chi connectivity index (χ4v) is 5.11. The van der Waals surface area contributed by atoms with Gasteiger partial charge in [0.25, 0.3) is 5.56 Å². The number of methoxy groups -OCH3 is 3. The van der Waals surface area contributed by atoms with Crippen molar-refractivity contribution in [3.63, 3.8) is 0 Å². The summed E-state index contributed by atoms with van der Waals surface area (Å²) in [6.07, 6.45) is 8.27. The Hall–Kier alpha value is -2.52. The summed E-state index contributed by atoms with van der Waals surface area (Å²) in [4.78, 5) is 31.2. The van der Waals surface area contributed by atoms with E-state index >= 15 is 0 Å². The molecule has 1 atom stereocenters. The number of carbonyl (C=O) groups is 1. The zero-order valence-electron chi connectivity index (χ0n) is 20.5. The van der Waals surface area contributed by atoms with Crippen LogP contribution in [0.5, 0.6) is 11.5 Å². The number of benzene rings is 1. The summed E-state index contributed by atoms with van der Waals surface area (Å²) in [5.41, 5.74) is 1.76. The molecule has 1 aliphatic carbocycles. The van der Waals surface area contributed by atoms with Crippen LogP contribution in [-0.2, 0) is 16.1 Å². The summed E-state index contributed by atoms with van der Waals surface area (Å²) in [5.74, 6) is 0.903. The number of ether oxygens (including phenoxy) is 3. The second-order valence-electron chi connectivity index (χ2n) is 8.23. The highest BCUT2D eigenvalue weighted by Crippen LogP contribution is 2.32. The molecule has 0 saturated carbocycles. The van der Waals surface area contributed by atoms with Gasteiger partial charge in [0.1, 0.15) is 0 Å². The number of nitrogens with zero attached hydrogens (tertiary/aromatic N) is 2. The van der Waals surface area contributed by atoms with Crippen molar-refractivity contribution < 1.29 is 19.0 Å². The van der Waals surface area contributed by atoms with E-state index in [0.29, 0.717) is 53.7 Å². The largest absolute Gasteiger partial charge is 0.493 e. The molecule has 0 saturated heterocycles. The molecule has 0 aliphatic heterocycles. The van der Waals surface area contributed by atoms with Crippen LogP contribution in [0, 0.1) is 0 Å². The summed E-state index contributed by atoms with van der Waals surface area (Å²) >= 11 is 1.33. The Bertz CT molecular complexity index is 1080. The Morgan fingerprint density at radius 1 is 1.21 bits per heavy atom. The van der Waals surface area contributed by atoms with Crippen LogP contribution in [0.3, 0.4) is 0 Å². The lowest BCUT2D eigenvalue weighted by Crippen LogP contribution is -2.35. The van der Waals surface area contributed by atoms with Crippen molar-refractivity contribution in [2.45, 2.75) is 62.4 Å². The standard InChI is InChI=1S/C25H35N3O5S/c1-5-22(23(29)26-12-14-31-2)34-25-27-19-16-21(33-4)20(32-3)15-18(19)24(30)28(25)13-11-17-9-7-6-8-10-17/h9,15-16,22H,5-8,10-14H2,1-4H3,(H,26,29)/t22-/m0/s1. The van der Waals surface area contributed by atoms with Crippen molar-refractivity contribution >= 4 is 28.6 Å². The van der Waals surface area contributed by atoms with Gasteiger partial charge in [-0.15, -0.1) is 0 Å². The monoisotopic (exact) mass is 489 g/mol. The minimum absolute atomic E-state index is 0.0900. The second-order valence-corrected chi connectivity index (χ2v) is 9.40. The number of hydrogen-bond acceptors (Lipinski definition) is 7. The van der Waals surface area contributed by atoms with Gasteiger partial charge >= 0.3 is 0 Å². The lowest BCUT2D eigenvalue weighted by molar-refractivity contribution is -0.120. The van der Waals surface area contributed by atoms with E-state index in [2.05, 4.69) is 11.4 Å². The first-order valence-corrected chi connectivity index (χ1v) is 12.7. The van der Waals surface area contributed by atoms with Crippen molar-refractivity contribution in [2.75, 3.05) is 34.5 Å². The van der Waals surface area contributed by atoms with E-state index in [1.54, 1.807) is 38.0 Å². The molecule has 2 aromatic rings. The van der Waals surface area contributed by atoms with Crippen LogP contribution in [0.25, 0.3) is 10.9 Å². The van der Waals surface area contributed by atoms with Crippen LogP contribution in [0.15, 0.2) is 33.7 Å². The van der Waals surface area contributed by atoms with Crippen LogP contribution in [0.2, 0.25) is 0 Å². The molecule has 0 unspecified atom stereocenters. The van der Waals surface area contributed by atoms with E-state index in [4.69, 9.17) is 19.2 Å². The van der Waals surface area contributed by atoms with E-state index in [-0.39, 0.29) is 16.7 Å². The lowest BCUT2D eigenvalue weighted by Gasteiger charge is -2.19. The van der Waals surface area contributed by atoms with Crippen LogP contribution in [-0.4, -0.2) is 55.2 Å². The zero-order chi connectivity index (χ0) is 24.5. The maximum absolute atomic E-state index is 13.6. The molecule has 1 amide bonds. The number of carbonyl (C=O) groups excluding carboxylic acids is 1. The van der Waals surface area contributed by atoms with Gasteiger partial charge in [-0.3, -0.25) is 14.2 Å². The van der Waals surface area contributed by atoms with Crippen molar-refractivity contribution in [2.24, 2.45) is 0 Å². The molecule has 1 aromatic heterocycles. The van der Waals surface area contributed by atoms with Gasteiger partial charge in [0.05, 0.1) is 37.0 Å². The third-order valence-electron chi connectivity index (χ3n) is 5.98. The van der Waals surface area contributed by atoms with Gasteiger partial charge in [0.15, 0.2) is 16.7 Å². The average molecular weight is 490 g/mol. The third-order valence-corrected chi connectivity index (χ3v) is 7.34. The lowest BCUT2D eigenvalue weighted by atomic mass is 9.97. The summed E-state index contributed by atoms with van der Waals surface area (Å²) in [5, 5.41) is 3.53. The molecule has 0 spiro atoms. The molecule has 1 heterocycles. The minimum atomic E-state index is -0.374. The zero-order valence-corrected chi connectivity index (χ0v) is 21.3. The average Bonchev–Trinajstić information content (AvgIpc) is 2.86. The van der Waals surface area contributed by atoms with Crippen LogP contribution in [0.1, 0.15) is 45.4 Å². The van der Waals surface area contributed by atoms with Crippen molar-refractivity contribution in [1.29, 1.82) is 0 Å². The van der Waals surface area contributed by atoms with Crippen molar-refractivity contribution in [3.8, 4) is 11.5 Å². The molecule has 186 valence electrons. The van der Waals surface area contributed by atoms with Gasteiger partial charge in [0.2, 0.25) is 5.91 Å². The van der Waals surface area contributed by atoms with Crippen LogP contribution < -0.4 is 20.3 Å². The SMILES string of the molecule is CC[C@H](Sc1nc2cc(OC)c(OC)cc2c(=O)n1CCC1=CCCCC1)C(=O)NCCOC. The van der Waals surface area contributed by atoms with Crippen molar-refractivity contribution in [1.82, 2.24) is 14.9 Å². The van der Waals surface area contributed by atoms with Crippen molar-refractivity contribution in [3.05, 3.63) is 34.1 Å². The number of nitrogens with one attached hydrogen (secondary N) is 1. The molecule has 0 fully saturated rings. The van der Waals surface area contributed by atoms with E-state index in [9.17, 15) is 9.59 Å². The molecule has 8 nitrogen and oxygen atoms in total. The number of rotatable bonds is 12. The Kier molecular flexibility index (Phi) is 9.83. The molecule has 1 aromatic carbocycles. The maximum Gasteiger partial charge on any atom is 0.262 e. The predicted molar refractivity (Wildman–Crippen MR) is 135 cm³/mol. The summed E-state index contributed by atoms with van der Waals surface area (Å²) in [6, 6.07) is 3.40. The van der Waals surface area contributed by atoms with Gasteiger partial charge in [-0.05, 0) is 44.6 Å². The van der Waals surface area contributed by atoms with Gasteiger partial charge in [-0.1, -0.05) is 30.3 Å². The Morgan fingerprint density at radius 2 is 1.97 bits per heavy atom. The van der Waals surface area contributed by atoms with Gasteiger partial charge in [0, 0.05) is 26.3 Å². The number of hydrogen-bond donors (Lipinski definition) is 1.